The third kappa shape index (κ3) is 6.11. The number of para-hydroxylation sites is 1. The summed E-state index contributed by atoms with van der Waals surface area (Å²) in [6, 6.07) is 26.9. The standard InChI is InChI=1S/C17H14O4.C13H11NO3/c1-19-12-5-3-4-11(8-12)16-10-15(18)14-7-6-13(20-2)9-17(14)21-16;14-9-6-7-11(12(15)8-9)13(16)17-10-4-2-1-3-5-10/h3-10H,1-2H3;1-8,15H,14H2. The number of benzene rings is 4. The topological polar surface area (TPSA) is 121 Å². The average Bonchev–Trinajstić information content (AvgIpc) is 2.93. The molecule has 0 atom stereocenters. The molecule has 8 nitrogen and oxygen atoms in total. The van der Waals surface area contributed by atoms with Gasteiger partial charge >= 0.3 is 5.97 Å². The van der Waals surface area contributed by atoms with E-state index in [9.17, 15) is 14.7 Å². The van der Waals surface area contributed by atoms with Gasteiger partial charge in [0, 0.05) is 29.4 Å². The number of nitrogen functional groups attached to an aromatic ring is 1. The second-order valence-electron chi connectivity index (χ2n) is 8.05. The lowest BCUT2D eigenvalue weighted by Crippen LogP contribution is -2.08. The van der Waals surface area contributed by atoms with E-state index in [0.717, 1.165) is 5.56 Å². The molecule has 0 amide bonds. The molecule has 1 aromatic heterocycles. The molecule has 5 rings (SSSR count). The van der Waals surface area contributed by atoms with E-state index in [0.29, 0.717) is 39.7 Å². The number of carbonyl (C=O) groups is 1. The minimum absolute atomic E-state index is 0.0862. The molecule has 0 unspecified atom stereocenters. The van der Waals surface area contributed by atoms with Crippen LogP contribution in [0.5, 0.6) is 23.0 Å². The van der Waals surface area contributed by atoms with Crippen molar-refractivity contribution in [2.45, 2.75) is 0 Å². The Kier molecular flexibility index (Phi) is 7.93. The number of aromatic hydroxyl groups is 1. The Hall–Kier alpha value is -5.24. The smallest absolute Gasteiger partial charge is 0.347 e. The predicted octanol–water partition coefficient (Wildman–Crippen LogP) is 5.67. The van der Waals surface area contributed by atoms with Crippen LogP contribution in [0.3, 0.4) is 0 Å². The van der Waals surface area contributed by atoms with Crippen molar-refractivity contribution in [3.8, 4) is 34.3 Å². The largest absolute Gasteiger partial charge is 0.507 e. The Labute approximate surface area is 218 Å². The van der Waals surface area contributed by atoms with Crippen molar-refractivity contribution in [1.82, 2.24) is 0 Å². The zero-order chi connectivity index (χ0) is 27.1. The van der Waals surface area contributed by atoms with Gasteiger partial charge in [0.1, 0.15) is 39.9 Å². The maximum Gasteiger partial charge on any atom is 0.347 e. The fraction of sp³-hybridized carbons (Fsp3) is 0.0667. The second kappa shape index (κ2) is 11.7. The summed E-state index contributed by atoms with van der Waals surface area (Å²) in [4.78, 5) is 23.9. The van der Waals surface area contributed by atoms with Crippen molar-refractivity contribution >= 4 is 22.6 Å². The molecule has 38 heavy (non-hydrogen) atoms. The number of hydrogen-bond acceptors (Lipinski definition) is 8. The van der Waals surface area contributed by atoms with E-state index in [1.165, 1.54) is 24.3 Å². The zero-order valence-electron chi connectivity index (χ0n) is 20.7. The van der Waals surface area contributed by atoms with E-state index in [4.69, 9.17) is 24.4 Å². The first-order valence-corrected chi connectivity index (χ1v) is 11.5. The number of fused-ring (bicyclic) bond motifs is 1. The number of rotatable bonds is 5. The molecule has 0 saturated carbocycles. The Morgan fingerprint density at radius 2 is 1.50 bits per heavy atom. The first-order valence-electron chi connectivity index (χ1n) is 11.5. The van der Waals surface area contributed by atoms with Gasteiger partial charge in [-0.15, -0.1) is 0 Å². The van der Waals surface area contributed by atoms with Gasteiger partial charge in [0.2, 0.25) is 0 Å². The molecule has 3 N–H and O–H groups in total. The minimum atomic E-state index is -0.617. The van der Waals surface area contributed by atoms with Crippen LogP contribution in [0, 0.1) is 0 Å². The Bertz CT molecular complexity index is 1630. The summed E-state index contributed by atoms with van der Waals surface area (Å²) >= 11 is 0. The quantitative estimate of drug-likeness (QED) is 0.176. The lowest BCUT2D eigenvalue weighted by Gasteiger charge is -2.06. The molecule has 8 heteroatoms. The van der Waals surface area contributed by atoms with E-state index in [2.05, 4.69) is 0 Å². The lowest BCUT2D eigenvalue weighted by atomic mass is 10.1. The van der Waals surface area contributed by atoms with Crippen LogP contribution < -0.4 is 25.4 Å². The van der Waals surface area contributed by atoms with E-state index in [1.54, 1.807) is 56.7 Å². The third-order valence-corrected chi connectivity index (χ3v) is 5.49. The average molecular weight is 512 g/mol. The molecule has 0 radical (unpaired) electrons. The van der Waals surface area contributed by atoms with Gasteiger partial charge in [-0.3, -0.25) is 4.79 Å². The van der Waals surface area contributed by atoms with Crippen LogP contribution in [0.25, 0.3) is 22.3 Å². The van der Waals surface area contributed by atoms with Crippen molar-refractivity contribution < 1.29 is 28.5 Å². The van der Waals surface area contributed by atoms with Crippen molar-refractivity contribution in [2.24, 2.45) is 0 Å². The van der Waals surface area contributed by atoms with Crippen LogP contribution in [-0.4, -0.2) is 25.3 Å². The number of carbonyl (C=O) groups excluding carboxylic acids is 1. The number of nitrogens with two attached hydrogens (primary N) is 1. The summed E-state index contributed by atoms with van der Waals surface area (Å²) in [6.45, 7) is 0. The highest BCUT2D eigenvalue weighted by Gasteiger charge is 2.13. The molecule has 0 spiro atoms. The molecular weight excluding hydrogens is 486 g/mol. The first kappa shape index (κ1) is 25.8. The number of methoxy groups -OCH3 is 2. The molecule has 5 aromatic rings. The van der Waals surface area contributed by atoms with Gasteiger partial charge < -0.3 is 29.5 Å². The molecule has 4 aromatic carbocycles. The van der Waals surface area contributed by atoms with Crippen LogP contribution in [0.2, 0.25) is 0 Å². The predicted molar refractivity (Wildman–Crippen MR) is 145 cm³/mol. The van der Waals surface area contributed by atoms with Crippen LogP contribution in [0.1, 0.15) is 10.4 Å². The first-order chi connectivity index (χ1) is 18.4. The van der Waals surface area contributed by atoms with E-state index in [-0.39, 0.29) is 16.7 Å². The van der Waals surface area contributed by atoms with Gasteiger partial charge in [0.05, 0.1) is 19.6 Å². The number of anilines is 1. The second-order valence-corrected chi connectivity index (χ2v) is 8.05. The van der Waals surface area contributed by atoms with Crippen molar-refractivity contribution in [3.05, 3.63) is 113 Å². The number of ether oxygens (including phenoxy) is 3. The number of phenols is 1. The summed E-state index contributed by atoms with van der Waals surface area (Å²) in [6.07, 6.45) is 0. The molecule has 0 fully saturated rings. The molecule has 0 saturated heterocycles. The number of hydrogen-bond donors (Lipinski definition) is 2. The maximum absolute atomic E-state index is 12.2. The molecular formula is C30H25NO7. The van der Waals surface area contributed by atoms with Gasteiger partial charge in [-0.25, -0.2) is 4.79 Å². The SMILES string of the molecule is COc1cccc(-c2cc(=O)c3ccc(OC)cc3o2)c1.Nc1ccc(C(=O)Oc2ccccc2)c(O)c1. The van der Waals surface area contributed by atoms with Crippen molar-refractivity contribution in [2.75, 3.05) is 20.0 Å². The molecule has 1 heterocycles. The summed E-state index contributed by atoms with van der Waals surface area (Å²) in [5.74, 6) is 1.47. The molecule has 0 aliphatic heterocycles. The fourth-order valence-electron chi connectivity index (χ4n) is 3.55. The molecule has 0 aliphatic carbocycles. The fourth-order valence-corrected chi connectivity index (χ4v) is 3.55. The van der Waals surface area contributed by atoms with Gasteiger partial charge in [-0.05, 0) is 48.5 Å². The van der Waals surface area contributed by atoms with Crippen LogP contribution in [0.15, 0.2) is 106 Å². The van der Waals surface area contributed by atoms with E-state index >= 15 is 0 Å². The van der Waals surface area contributed by atoms with E-state index < -0.39 is 5.97 Å². The summed E-state index contributed by atoms with van der Waals surface area (Å²) in [5.41, 5.74) is 7.14. The highest BCUT2D eigenvalue weighted by atomic mass is 16.5. The monoisotopic (exact) mass is 511 g/mol. The van der Waals surface area contributed by atoms with Gasteiger partial charge in [0.15, 0.2) is 5.43 Å². The number of phenolic OH excluding ortho intramolecular Hbond substituents is 1. The Morgan fingerprint density at radius 1 is 0.789 bits per heavy atom. The van der Waals surface area contributed by atoms with Crippen LogP contribution in [0.4, 0.5) is 5.69 Å². The van der Waals surface area contributed by atoms with Gasteiger partial charge in [0.25, 0.3) is 0 Å². The molecule has 0 aliphatic rings. The highest BCUT2D eigenvalue weighted by molar-refractivity contribution is 5.94. The summed E-state index contributed by atoms with van der Waals surface area (Å²) in [7, 11) is 3.17. The molecule has 0 bridgehead atoms. The van der Waals surface area contributed by atoms with E-state index in [1.807, 2.05) is 30.3 Å². The normalized spacial score (nSPS) is 10.3. The Balaban J connectivity index is 0.000000181. The maximum atomic E-state index is 12.2. The summed E-state index contributed by atoms with van der Waals surface area (Å²) < 4.78 is 21.3. The van der Waals surface area contributed by atoms with Crippen molar-refractivity contribution in [3.63, 3.8) is 0 Å². The third-order valence-electron chi connectivity index (χ3n) is 5.49. The van der Waals surface area contributed by atoms with Gasteiger partial charge in [-0.2, -0.15) is 0 Å². The van der Waals surface area contributed by atoms with Crippen LogP contribution in [-0.2, 0) is 0 Å². The lowest BCUT2D eigenvalue weighted by molar-refractivity contribution is 0.0731. The Morgan fingerprint density at radius 3 is 2.21 bits per heavy atom. The zero-order valence-corrected chi connectivity index (χ0v) is 20.7. The number of esters is 1. The summed E-state index contributed by atoms with van der Waals surface area (Å²) in [5, 5.41) is 10.1. The molecule has 192 valence electrons. The van der Waals surface area contributed by atoms with Crippen LogP contribution >= 0.6 is 0 Å². The van der Waals surface area contributed by atoms with Crippen molar-refractivity contribution in [1.29, 1.82) is 0 Å². The minimum Gasteiger partial charge on any atom is -0.507 e. The highest BCUT2D eigenvalue weighted by Crippen LogP contribution is 2.27. The van der Waals surface area contributed by atoms with Gasteiger partial charge in [-0.1, -0.05) is 30.3 Å².